The van der Waals surface area contributed by atoms with E-state index in [0.717, 1.165) is 39.5 Å². The molecule has 0 unspecified atom stereocenters. The topological polar surface area (TPSA) is 69.4 Å². The van der Waals surface area contributed by atoms with Gasteiger partial charge in [-0.3, -0.25) is 0 Å². The average Bonchev–Trinajstić information content (AvgIpc) is 3.10. The lowest BCUT2D eigenvalue weighted by molar-refractivity contribution is 0.675. The van der Waals surface area contributed by atoms with Gasteiger partial charge in [-0.1, -0.05) is 6.07 Å². The molecule has 0 aliphatic carbocycles. The first kappa shape index (κ1) is 14.5. The number of aromatic amines is 1. The first-order valence-electron chi connectivity index (χ1n) is 7.11. The number of anilines is 1. The van der Waals surface area contributed by atoms with Gasteiger partial charge < -0.3 is 14.3 Å². The molecule has 5 nitrogen and oxygen atoms in total. The monoisotopic (exact) mass is 311 g/mol. The maximum Gasteiger partial charge on any atom is 0.116 e. The molecule has 3 rings (SSSR count). The van der Waals surface area contributed by atoms with Crippen LogP contribution in [0.2, 0.25) is 0 Å². The van der Waals surface area contributed by atoms with Gasteiger partial charge >= 0.3 is 0 Å². The third-order valence-corrected chi connectivity index (χ3v) is 4.62. The van der Waals surface area contributed by atoms with E-state index in [-0.39, 0.29) is 0 Å². The van der Waals surface area contributed by atoms with Crippen LogP contribution in [0, 0.1) is 25.2 Å². The lowest BCUT2D eigenvalue weighted by atomic mass is 10.1. The van der Waals surface area contributed by atoms with E-state index < -0.39 is 0 Å². The molecule has 0 aliphatic rings. The summed E-state index contributed by atoms with van der Waals surface area (Å²) in [6.45, 7) is 7.01. The molecule has 6 heteroatoms. The molecular weight excluding hydrogens is 294 g/mol. The number of fused-ring (bicyclic) bond motifs is 1. The third-order valence-electron chi connectivity index (χ3n) is 3.76. The van der Waals surface area contributed by atoms with Gasteiger partial charge in [-0.05, 0) is 32.4 Å². The number of hydrogen-bond donors (Lipinski definition) is 2. The number of nitrogens with zero attached hydrogens (tertiary/aromatic N) is 3. The van der Waals surface area contributed by atoms with Gasteiger partial charge in [0.15, 0.2) is 0 Å². The molecule has 2 N–H and O–H groups in total. The molecule has 0 spiro atoms. The van der Waals surface area contributed by atoms with Gasteiger partial charge in [0.1, 0.15) is 16.9 Å². The summed E-state index contributed by atoms with van der Waals surface area (Å²) in [5.74, 6) is 1.01. The molecule has 3 aromatic rings. The smallest absolute Gasteiger partial charge is 0.116 e. The first-order chi connectivity index (χ1) is 10.7. The Balaban J connectivity index is 1.93. The van der Waals surface area contributed by atoms with Gasteiger partial charge in [-0.25, -0.2) is 4.98 Å². The molecule has 0 radical (unpaired) electrons. The van der Waals surface area contributed by atoms with Crippen molar-refractivity contribution in [3.8, 4) is 6.07 Å². The zero-order valence-corrected chi connectivity index (χ0v) is 13.6. The van der Waals surface area contributed by atoms with Crippen LogP contribution in [0.4, 0.5) is 5.69 Å². The van der Waals surface area contributed by atoms with Crippen molar-refractivity contribution in [3.05, 3.63) is 41.5 Å². The summed E-state index contributed by atoms with van der Waals surface area (Å²) in [5, 5.41) is 11.3. The Morgan fingerprint density at radius 3 is 2.95 bits per heavy atom. The summed E-state index contributed by atoms with van der Waals surface area (Å²) in [6.07, 6.45) is 3.63. The lowest BCUT2D eigenvalue weighted by Crippen LogP contribution is -2.00. The number of aryl methyl sites for hydroxylation is 2. The van der Waals surface area contributed by atoms with Gasteiger partial charge in [0.05, 0.1) is 23.0 Å². The van der Waals surface area contributed by atoms with E-state index in [4.69, 9.17) is 0 Å². The molecule has 2 heterocycles. The molecule has 112 valence electrons. The van der Waals surface area contributed by atoms with Crippen molar-refractivity contribution in [2.45, 2.75) is 32.3 Å². The number of hydrogen-bond acceptors (Lipinski definition) is 4. The van der Waals surface area contributed by atoms with Crippen molar-refractivity contribution in [3.63, 3.8) is 0 Å². The maximum atomic E-state index is 9.21. The van der Waals surface area contributed by atoms with E-state index in [2.05, 4.69) is 32.3 Å². The van der Waals surface area contributed by atoms with Crippen LogP contribution in [0.15, 0.2) is 29.6 Å². The quantitative estimate of drug-likeness (QED) is 0.715. The summed E-state index contributed by atoms with van der Waals surface area (Å²) < 4.78 is 5.52. The van der Waals surface area contributed by atoms with Crippen LogP contribution in [0.25, 0.3) is 10.9 Å². The van der Waals surface area contributed by atoms with Gasteiger partial charge in [0, 0.05) is 30.1 Å². The highest BCUT2D eigenvalue weighted by Gasteiger charge is 2.11. The average molecular weight is 311 g/mol. The summed E-state index contributed by atoms with van der Waals surface area (Å²) in [5.41, 5.74) is 3.70. The molecular formula is C16H17N5S. The molecule has 0 amide bonds. The molecule has 0 fully saturated rings. The zero-order chi connectivity index (χ0) is 15.7. The molecule has 2 aromatic heterocycles. The second-order valence-electron chi connectivity index (χ2n) is 5.09. The minimum absolute atomic E-state index is 0.676. The Bertz CT molecular complexity index is 869. The van der Waals surface area contributed by atoms with Gasteiger partial charge in [0.2, 0.25) is 0 Å². The number of nitrogens with one attached hydrogen (secondary N) is 2. The fourth-order valence-electron chi connectivity index (χ4n) is 2.61. The summed E-state index contributed by atoms with van der Waals surface area (Å²) in [7, 11) is 0. The SMILES string of the molecule is CCn1c(SNc2ccc(C)c3c(C#N)c[nH]c23)cnc1C. The third kappa shape index (κ3) is 2.34. The van der Waals surface area contributed by atoms with Crippen LogP contribution in [-0.2, 0) is 6.54 Å². The fourth-order valence-corrected chi connectivity index (χ4v) is 3.48. The first-order valence-corrected chi connectivity index (χ1v) is 7.93. The highest BCUT2D eigenvalue weighted by Crippen LogP contribution is 2.31. The van der Waals surface area contributed by atoms with Crippen LogP contribution in [-0.4, -0.2) is 14.5 Å². The molecule has 0 saturated heterocycles. The highest BCUT2D eigenvalue weighted by molar-refractivity contribution is 8.00. The molecule has 0 saturated carbocycles. The second-order valence-corrected chi connectivity index (χ2v) is 5.91. The highest BCUT2D eigenvalue weighted by atomic mass is 32.2. The number of imidazole rings is 1. The van der Waals surface area contributed by atoms with Crippen LogP contribution < -0.4 is 4.72 Å². The van der Waals surface area contributed by atoms with E-state index >= 15 is 0 Å². The van der Waals surface area contributed by atoms with Gasteiger partial charge in [0.25, 0.3) is 0 Å². The van der Waals surface area contributed by atoms with E-state index in [1.807, 2.05) is 32.2 Å². The van der Waals surface area contributed by atoms with Gasteiger partial charge in [-0.2, -0.15) is 5.26 Å². The molecule has 0 aliphatic heterocycles. The standard InChI is InChI=1S/C16H17N5S/c1-4-21-11(3)18-9-14(21)22-20-13-6-5-10(2)15-12(7-17)8-19-16(13)15/h5-6,8-9,19-20H,4H2,1-3H3. The predicted octanol–water partition coefficient (Wildman–Crippen LogP) is 3.99. The Morgan fingerprint density at radius 1 is 1.41 bits per heavy atom. The fraction of sp³-hybridized carbons (Fsp3) is 0.250. The second kappa shape index (κ2) is 5.78. The normalized spacial score (nSPS) is 10.8. The van der Waals surface area contributed by atoms with E-state index in [0.29, 0.717) is 5.56 Å². The zero-order valence-electron chi connectivity index (χ0n) is 12.8. The lowest BCUT2D eigenvalue weighted by Gasteiger charge is -2.10. The summed E-state index contributed by atoms with van der Waals surface area (Å²) in [6, 6.07) is 6.29. The number of H-pyrrole nitrogens is 1. The van der Waals surface area contributed by atoms with Crippen molar-refractivity contribution in [2.75, 3.05) is 4.72 Å². The van der Waals surface area contributed by atoms with E-state index in [1.54, 1.807) is 6.20 Å². The van der Waals surface area contributed by atoms with Crippen LogP contribution in [0.3, 0.4) is 0 Å². The van der Waals surface area contributed by atoms with Crippen molar-refractivity contribution in [2.24, 2.45) is 0 Å². The van der Waals surface area contributed by atoms with Gasteiger partial charge in [-0.15, -0.1) is 0 Å². The summed E-state index contributed by atoms with van der Waals surface area (Å²) in [4.78, 5) is 7.54. The van der Waals surface area contributed by atoms with Crippen molar-refractivity contribution in [1.82, 2.24) is 14.5 Å². The molecule has 1 aromatic carbocycles. The van der Waals surface area contributed by atoms with E-state index in [9.17, 15) is 5.26 Å². The van der Waals surface area contributed by atoms with Crippen molar-refractivity contribution >= 4 is 28.5 Å². The number of rotatable bonds is 4. The summed E-state index contributed by atoms with van der Waals surface area (Å²) >= 11 is 1.53. The van der Waals surface area contributed by atoms with Crippen LogP contribution in [0.5, 0.6) is 0 Å². The number of nitriles is 1. The molecule has 0 bridgehead atoms. The maximum absolute atomic E-state index is 9.21. The Kier molecular flexibility index (Phi) is 3.82. The minimum atomic E-state index is 0.676. The minimum Gasteiger partial charge on any atom is -0.358 e. The van der Waals surface area contributed by atoms with Crippen molar-refractivity contribution in [1.29, 1.82) is 5.26 Å². The molecule has 0 atom stereocenters. The largest absolute Gasteiger partial charge is 0.358 e. The number of aromatic nitrogens is 3. The Hall–Kier alpha value is -2.39. The molecule has 22 heavy (non-hydrogen) atoms. The predicted molar refractivity (Wildman–Crippen MR) is 89.9 cm³/mol. The van der Waals surface area contributed by atoms with Crippen LogP contribution in [0.1, 0.15) is 23.9 Å². The Morgan fingerprint density at radius 2 is 2.23 bits per heavy atom. The Labute approximate surface area is 133 Å². The van der Waals surface area contributed by atoms with Crippen molar-refractivity contribution < 1.29 is 0 Å². The number of benzene rings is 1. The van der Waals surface area contributed by atoms with Crippen LogP contribution >= 0.6 is 11.9 Å². The van der Waals surface area contributed by atoms with E-state index in [1.165, 1.54) is 11.9 Å².